The molecule has 4 atom stereocenters. The summed E-state index contributed by atoms with van der Waals surface area (Å²) in [6.07, 6.45) is 10.2. The van der Waals surface area contributed by atoms with Crippen LogP contribution < -0.4 is 0 Å². The van der Waals surface area contributed by atoms with E-state index in [-0.39, 0.29) is 12.2 Å². The molecule has 1 aliphatic heterocycles. The number of esters is 1. The zero-order valence-electron chi connectivity index (χ0n) is 20.8. The van der Waals surface area contributed by atoms with Crippen molar-refractivity contribution >= 4 is 60.4 Å². The zero-order valence-corrected chi connectivity index (χ0v) is 24.3. The molecule has 0 N–H and O–H groups in total. The summed E-state index contributed by atoms with van der Waals surface area (Å²) in [7, 11) is -3.42. The third-order valence-electron chi connectivity index (χ3n) is 5.81. The van der Waals surface area contributed by atoms with Crippen molar-refractivity contribution in [3.8, 4) is 12.3 Å². The van der Waals surface area contributed by atoms with Gasteiger partial charge in [-0.1, -0.05) is 51.0 Å². The van der Waals surface area contributed by atoms with Gasteiger partial charge in [0.15, 0.2) is 11.6 Å². The highest BCUT2D eigenvalue weighted by atomic mass is 35.5. The van der Waals surface area contributed by atoms with Crippen molar-refractivity contribution in [1.29, 1.82) is 0 Å². The fraction of sp³-hybridized carbons (Fsp3) is 0.269. The number of aliphatic imine (C=N–C) groups is 1. The largest absolute Gasteiger partial charge is 0.464 e. The highest BCUT2D eigenvalue weighted by Gasteiger charge is 2.64. The minimum Gasteiger partial charge on any atom is -0.464 e. The molecule has 2 aromatic carbocycles. The van der Waals surface area contributed by atoms with Gasteiger partial charge in [0.2, 0.25) is 0 Å². The molecular weight excluding hydrogens is 589 g/mol. The number of hydrogen-bond acceptors (Lipinski definition) is 7. The van der Waals surface area contributed by atoms with Crippen LogP contribution in [0.1, 0.15) is 25.0 Å². The topological polar surface area (TPSA) is 85.3 Å². The summed E-state index contributed by atoms with van der Waals surface area (Å²) >= 11 is 11.5. The van der Waals surface area contributed by atoms with E-state index in [4.69, 9.17) is 39.7 Å². The summed E-state index contributed by atoms with van der Waals surface area (Å²) in [4.78, 5) is 17.0. The Balaban J connectivity index is 2.35. The molecule has 0 spiro atoms. The third-order valence-corrected chi connectivity index (χ3v) is 8.54. The monoisotopic (exact) mass is 612 g/mol. The molecule has 0 amide bonds. The van der Waals surface area contributed by atoms with Crippen LogP contribution in [0.5, 0.6) is 0 Å². The van der Waals surface area contributed by atoms with E-state index in [0.717, 1.165) is 24.3 Å². The first-order valence-corrected chi connectivity index (χ1v) is 14.2. The fourth-order valence-electron chi connectivity index (χ4n) is 4.12. The van der Waals surface area contributed by atoms with Crippen molar-refractivity contribution in [3.63, 3.8) is 0 Å². The van der Waals surface area contributed by atoms with Gasteiger partial charge in [0, 0.05) is 23.0 Å². The predicted molar refractivity (Wildman–Crippen MR) is 152 cm³/mol. The van der Waals surface area contributed by atoms with Crippen LogP contribution in [0.2, 0.25) is 5.02 Å². The summed E-state index contributed by atoms with van der Waals surface area (Å²) in [6.45, 7) is 3.10. The van der Waals surface area contributed by atoms with Crippen LogP contribution in [0.25, 0.3) is 0 Å². The second-order valence-electron chi connectivity index (χ2n) is 8.17. The number of halogens is 3. The average molecular weight is 613 g/mol. The standard InChI is InChI=1S/C26H24ClF2N2O5PS2/c1-4-17(14-15-30-5-2)25(18-10-12-20(27)13-11-18)22(23(32)35-6-3)31(24(38)36-25)39(33,34)21-9-7-8-19(16-21)26(28,29)37/h1,5,7-17,22H,6,37H2,2-3H3/b15-14-,30-5?. The number of alkyl halides is 2. The molecule has 3 rings (SSSR count). The molecule has 4 unspecified atom stereocenters. The lowest BCUT2D eigenvalue weighted by Crippen LogP contribution is -2.54. The Bertz CT molecular complexity index is 1460. The minimum atomic E-state index is -4.76. The summed E-state index contributed by atoms with van der Waals surface area (Å²) in [5, 5.41) is -0.274. The first-order valence-electron chi connectivity index (χ1n) is 11.4. The van der Waals surface area contributed by atoms with E-state index in [1.165, 1.54) is 58.9 Å². The predicted octanol–water partition coefficient (Wildman–Crippen LogP) is 5.25. The van der Waals surface area contributed by atoms with Gasteiger partial charge >= 0.3 is 5.97 Å². The molecular formula is C26H24ClF2N2O5PS2. The maximum atomic E-state index is 14.0. The number of hydrogen-bond donors (Lipinski definition) is 0. The number of carbonyl (C=O) groups is 1. The van der Waals surface area contributed by atoms with Crippen molar-refractivity contribution in [2.75, 3.05) is 6.61 Å². The number of benzene rings is 2. The van der Waals surface area contributed by atoms with Gasteiger partial charge in [-0.2, -0.15) is 8.78 Å². The number of terminal acetylenes is 1. The first-order chi connectivity index (χ1) is 18.3. The first kappa shape index (κ1) is 30.6. The van der Waals surface area contributed by atoms with Gasteiger partial charge in [-0.05, 0) is 62.0 Å². The lowest BCUT2D eigenvalue weighted by molar-refractivity contribution is -0.152. The van der Waals surface area contributed by atoms with E-state index in [0.29, 0.717) is 9.33 Å². The van der Waals surface area contributed by atoms with Gasteiger partial charge in [-0.25, -0.2) is 17.5 Å². The van der Waals surface area contributed by atoms with Gasteiger partial charge in [0.05, 0.1) is 17.4 Å². The molecule has 1 aliphatic rings. The molecule has 0 bridgehead atoms. The van der Waals surface area contributed by atoms with Crippen molar-refractivity contribution < 1.29 is 31.5 Å². The molecule has 0 radical (unpaired) electrons. The molecule has 39 heavy (non-hydrogen) atoms. The van der Waals surface area contributed by atoms with Gasteiger partial charge < -0.3 is 9.47 Å². The number of carbonyl (C=O) groups excluding carboxylic acids is 1. The summed E-state index contributed by atoms with van der Waals surface area (Å²) in [5.74, 6) is 0.405. The third kappa shape index (κ3) is 5.99. The van der Waals surface area contributed by atoms with Crippen LogP contribution in [-0.4, -0.2) is 42.7 Å². The van der Waals surface area contributed by atoms with Crippen LogP contribution in [-0.2, 0) is 35.6 Å². The Morgan fingerprint density at radius 3 is 2.62 bits per heavy atom. The van der Waals surface area contributed by atoms with Crippen molar-refractivity contribution in [2.24, 2.45) is 10.9 Å². The van der Waals surface area contributed by atoms with E-state index < -0.39 is 54.9 Å². The zero-order chi connectivity index (χ0) is 29.0. The second kappa shape index (κ2) is 12.1. The maximum absolute atomic E-state index is 14.0. The summed E-state index contributed by atoms with van der Waals surface area (Å²) in [5.41, 5.74) is -5.67. The van der Waals surface area contributed by atoms with Crippen LogP contribution >= 0.6 is 33.1 Å². The van der Waals surface area contributed by atoms with Gasteiger partial charge in [-0.15, -0.1) is 6.42 Å². The molecule has 1 fully saturated rings. The van der Waals surface area contributed by atoms with Crippen molar-refractivity contribution in [3.05, 3.63) is 77.0 Å². The lowest BCUT2D eigenvalue weighted by atomic mass is 9.76. The number of ether oxygens (including phenoxy) is 2. The van der Waals surface area contributed by atoms with Gasteiger partial charge in [0.1, 0.15) is 0 Å². The molecule has 1 heterocycles. The highest BCUT2D eigenvalue weighted by Crippen LogP contribution is 2.48. The van der Waals surface area contributed by atoms with Gasteiger partial charge in [0.25, 0.3) is 20.9 Å². The maximum Gasteiger partial charge on any atom is 0.334 e. The Hall–Kier alpha value is -2.90. The second-order valence-corrected chi connectivity index (χ2v) is 11.5. The molecule has 1 saturated heterocycles. The summed E-state index contributed by atoms with van der Waals surface area (Å²) in [6, 6.07) is 8.40. The normalized spacial score (nSPS) is 20.7. The van der Waals surface area contributed by atoms with Crippen molar-refractivity contribution in [2.45, 2.75) is 36.0 Å². The van der Waals surface area contributed by atoms with Crippen LogP contribution in [0, 0.1) is 18.3 Å². The Kier molecular flexibility index (Phi) is 9.50. The molecule has 0 saturated carbocycles. The number of nitrogens with zero attached hydrogens (tertiary/aromatic N) is 2. The Morgan fingerprint density at radius 2 is 2.05 bits per heavy atom. The molecule has 0 aromatic heterocycles. The molecule has 206 valence electrons. The smallest absolute Gasteiger partial charge is 0.334 e. The van der Waals surface area contributed by atoms with E-state index in [9.17, 15) is 22.0 Å². The van der Waals surface area contributed by atoms with E-state index in [1.54, 1.807) is 6.92 Å². The van der Waals surface area contributed by atoms with Gasteiger partial charge in [-0.3, -0.25) is 4.99 Å². The molecule has 7 nitrogen and oxygen atoms in total. The Morgan fingerprint density at radius 1 is 1.38 bits per heavy atom. The minimum absolute atomic E-state index is 0.113. The van der Waals surface area contributed by atoms with E-state index >= 15 is 0 Å². The Labute approximate surface area is 238 Å². The average Bonchev–Trinajstić information content (AvgIpc) is 3.21. The van der Waals surface area contributed by atoms with E-state index in [1.807, 2.05) is 0 Å². The molecule has 2 aromatic rings. The number of thiocarbonyl (C=S) groups is 1. The van der Waals surface area contributed by atoms with E-state index in [2.05, 4.69) is 10.9 Å². The quantitative estimate of drug-likeness (QED) is 0.126. The van der Waals surface area contributed by atoms with Crippen LogP contribution in [0.4, 0.5) is 8.78 Å². The highest BCUT2D eigenvalue weighted by molar-refractivity contribution is 7.91. The van der Waals surface area contributed by atoms with Crippen LogP contribution in [0.15, 0.2) is 70.7 Å². The number of sulfonamides is 1. The fourth-order valence-corrected chi connectivity index (χ4v) is 6.47. The molecule has 13 heteroatoms. The lowest BCUT2D eigenvalue weighted by Gasteiger charge is -2.36. The summed E-state index contributed by atoms with van der Waals surface area (Å²) < 4.78 is 67.9. The van der Waals surface area contributed by atoms with Crippen LogP contribution in [0.3, 0.4) is 0 Å². The molecule has 0 aliphatic carbocycles. The van der Waals surface area contributed by atoms with Crippen molar-refractivity contribution in [1.82, 2.24) is 4.31 Å². The number of rotatable bonds is 9. The SMILES string of the molecule is C#CC(/C=C\N=CC)C1(c2ccc(Cl)cc2)OC(=S)N(S(=O)(=O)c2cccc(C(F)(F)P)c2)C1C(=O)OCC.